The van der Waals surface area contributed by atoms with Crippen molar-refractivity contribution >= 4 is 11.4 Å². The highest BCUT2D eigenvalue weighted by atomic mass is 14.5. The summed E-state index contributed by atoms with van der Waals surface area (Å²) in [4.78, 5) is 0. The summed E-state index contributed by atoms with van der Waals surface area (Å²) in [6.45, 7) is 6.94. The van der Waals surface area contributed by atoms with Crippen LogP contribution in [0.3, 0.4) is 0 Å². The van der Waals surface area contributed by atoms with Gasteiger partial charge in [-0.1, -0.05) is 273 Å². The Morgan fingerprint density at radius 2 is 0.627 bits per heavy atom. The molecule has 0 aliphatic heterocycles. The molecule has 0 radical (unpaired) electrons. The van der Waals surface area contributed by atoms with Gasteiger partial charge in [0.15, 0.2) is 0 Å². The third-order valence-electron chi connectivity index (χ3n) is 16.3. The Kier molecular flexibility index (Phi) is 26.3. The maximum absolute atomic E-state index is 6.22. The summed E-state index contributed by atoms with van der Waals surface area (Å²) < 4.78 is 0. The second-order valence-electron chi connectivity index (χ2n) is 21.6. The molecule has 0 spiro atoms. The van der Waals surface area contributed by atoms with E-state index in [2.05, 4.69) is 118 Å². The average molecular weight is 910 g/mol. The second-order valence-corrected chi connectivity index (χ2v) is 21.6. The first-order valence-corrected chi connectivity index (χ1v) is 28.9. The van der Waals surface area contributed by atoms with E-state index in [0.29, 0.717) is 11.8 Å². The van der Waals surface area contributed by atoms with Crippen molar-refractivity contribution in [1.82, 2.24) is 0 Å². The van der Waals surface area contributed by atoms with Crippen LogP contribution in [0.2, 0.25) is 0 Å². The summed E-state index contributed by atoms with van der Waals surface area (Å²) in [5.74, 6) is 1.66. The summed E-state index contributed by atoms with van der Waals surface area (Å²) in [5.41, 5.74) is 23.0. The van der Waals surface area contributed by atoms with E-state index in [0.717, 1.165) is 17.3 Å². The predicted molar refractivity (Wildman–Crippen MR) is 297 cm³/mol. The number of nitrogen functional groups attached to an aromatic ring is 2. The van der Waals surface area contributed by atoms with Gasteiger partial charge in [0.05, 0.1) is 0 Å². The molecular formula is C65H100N2. The molecule has 4 N–H and O–H groups in total. The summed E-state index contributed by atoms with van der Waals surface area (Å²) in [6, 6.07) is 37.8. The largest absolute Gasteiger partial charge is 0.399 e. The highest BCUT2D eigenvalue weighted by Crippen LogP contribution is 2.48. The maximum Gasteiger partial charge on any atom is 0.0314 e. The van der Waals surface area contributed by atoms with Crippen LogP contribution < -0.4 is 11.5 Å². The minimum Gasteiger partial charge on any atom is -0.399 e. The molecule has 2 atom stereocenters. The summed E-state index contributed by atoms with van der Waals surface area (Å²) in [5, 5.41) is 0. The Hall–Kier alpha value is -3.52. The predicted octanol–water partition coefficient (Wildman–Crippen LogP) is 20.4. The Morgan fingerprint density at radius 1 is 0.358 bits per heavy atom. The zero-order valence-corrected chi connectivity index (χ0v) is 43.7. The minimum absolute atomic E-state index is 0.0498. The van der Waals surface area contributed by atoms with Crippen molar-refractivity contribution in [3.05, 3.63) is 130 Å². The molecule has 1 aliphatic rings. The fourth-order valence-corrected chi connectivity index (χ4v) is 11.8. The quantitative estimate of drug-likeness (QED) is 0.0353. The Labute approximate surface area is 413 Å². The first-order chi connectivity index (χ1) is 33.0. The van der Waals surface area contributed by atoms with E-state index in [-0.39, 0.29) is 5.41 Å². The fraction of sp³-hybridized carbons (Fsp3) is 0.631. The highest BCUT2D eigenvalue weighted by molar-refractivity contribution is 5.47. The monoisotopic (exact) mass is 909 g/mol. The van der Waals surface area contributed by atoms with Gasteiger partial charge in [-0.2, -0.15) is 0 Å². The summed E-state index contributed by atoms with van der Waals surface area (Å²) in [7, 11) is 0. The number of anilines is 2. The molecule has 0 aromatic heterocycles. The number of hydrogen-bond acceptors (Lipinski definition) is 2. The SMILES string of the molecule is CCCCCCCCCCCCC(c1ccc(N)cc1)c1ccc(C2(c3ccc(C(CCCCCCCCCCCC)c4ccc(N)cc4)cc3)CCC(CCCCCCCCC)CC2)cc1. The lowest BCUT2D eigenvalue weighted by atomic mass is 9.62. The highest BCUT2D eigenvalue weighted by Gasteiger charge is 2.38. The van der Waals surface area contributed by atoms with Gasteiger partial charge < -0.3 is 11.5 Å². The van der Waals surface area contributed by atoms with Crippen molar-refractivity contribution in [2.45, 2.75) is 256 Å². The number of hydrogen-bond donors (Lipinski definition) is 2. The molecule has 0 saturated heterocycles. The van der Waals surface area contributed by atoms with Crippen LogP contribution in [0, 0.1) is 5.92 Å². The van der Waals surface area contributed by atoms with Gasteiger partial charge >= 0.3 is 0 Å². The van der Waals surface area contributed by atoms with Crippen molar-refractivity contribution in [1.29, 1.82) is 0 Å². The Bertz CT molecular complexity index is 1680. The summed E-state index contributed by atoms with van der Waals surface area (Å²) in [6.07, 6.45) is 46.2. The number of unbranched alkanes of at least 4 members (excludes halogenated alkanes) is 24. The van der Waals surface area contributed by atoms with Crippen molar-refractivity contribution in [3.8, 4) is 0 Å². The molecule has 0 heterocycles. The van der Waals surface area contributed by atoms with Crippen LogP contribution in [0.1, 0.15) is 284 Å². The van der Waals surface area contributed by atoms with Gasteiger partial charge in [0.1, 0.15) is 0 Å². The lowest BCUT2D eigenvalue weighted by Gasteiger charge is -2.42. The lowest BCUT2D eigenvalue weighted by molar-refractivity contribution is 0.250. The molecular weight excluding hydrogens is 809 g/mol. The van der Waals surface area contributed by atoms with Crippen molar-refractivity contribution in [2.24, 2.45) is 5.92 Å². The van der Waals surface area contributed by atoms with E-state index in [1.165, 1.54) is 252 Å². The first kappa shape index (κ1) is 54.4. The molecule has 1 aliphatic carbocycles. The van der Waals surface area contributed by atoms with E-state index in [9.17, 15) is 0 Å². The summed E-state index contributed by atoms with van der Waals surface area (Å²) >= 11 is 0. The normalized spacial score (nSPS) is 17.1. The minimum atomic E-state index is 0.0498. The molecule has 2 nitrogen and oxygen atoms in total. The van der Waals surface area contributed by atoms with E-state index in [1.807, 2.05) is 0 Å². The van der Waals surface area contributed by atoms with Gasteiger partial charge in [-0.05, 0) is 102 Å². The standard InChI is InChI=1S/C65H100N2/c1-4-7-10-13-16-18-20-23-26-29-32-63(57-38-46-61(66)47-39-57)55-34-42-59(43-35-55)65(52-50-54(51-53-65)31-28-25-22-15-12-9-6-3)60-44-36-56(37-45-60)64(58-40-48-62(67)49-41-58)33-30-27-24-21-19-17-14-11-8-5-2/h34-49,54,63-64H,4-33,50-53,66-67H2,1-3H3. The van der Waals surface area contributed by atoms with E-state index in [1.54, 1.807) is 0 Å². The van der Waals surface area contributed by atoms with Crippen LogP contribution in [0.15, 0.2) is 97.1 Å². The molecule has 4 aromatic carbocycles. The molecule has 2 unspecified atom stereocenters. The Morgan fingerprint density at radius 3 is 0.940 bits per heavy atom. The van der Waals surface area contributed by atoms with E-state index in [4.69, 9.17) is 11.5 Å². The smallest absolute Gasteiger partial charge is 0.0314 e. The van der Waals surface area contributed by atoms with Gasteiger partial charge in [0, 0.05) is 28.6 Å². The molecule has 0 bridgehead atoms. The fourth-order valence-electron chi connectivity index (χ4n) is 11.8. The molecule has 370 valence electrons. The molecule has 4 aromatic rings. The van der Waals surface area contributed by atoms with Crippen molar-refractivity contribution in [2.75, 3.05) is 11.5 Å². The van der Waals surface area contributed by atoms with Gasteiger partial charge in [-0.15, -0.1) is 0 Å². The molecule has 1 saturated carbocycles. The van der Waals surface area contributed by atoms with Gasteiger partial charge in [0.2, 0.25) is 0 Å². The van der Waals surface area contributed by atoms with Gasteiger partial charge in [0.25, 0.3) is 0 Å². The first-order valence-electron chi connectivity index (χ1n) is 28.9. The average Bonchev–Trinajstić information content (AvgIpc) is 3.36. The lowest BCUT2D eigenvalue weighted by Crippen LogP contribution is -2.33. The van der Waals surface area contributed by atoms with Gasteiger partial charge in [-0.3, -0.25) is 0 Å². The zero-order chi connectivity index (χ0) is 47.2. The van der Waals surface area contributed by atoms with Crippen LogP contribution in [-0.2, 0) is 5.41 Å². The van der Waals surface area contributed by atoms with Crippen molar-refractivity contribution < 1.29 is 0 Å². The van der Waals surface area contributed by atoms with Crippen molar-refractivity contribution in [3.63, 3.8) is 0 Å². The van der Waals surface area contributed by atoms with E-state index < -0.39 is 0 Å². The Balaban J connectivity index is 1.31. The van der Waals surface area contributed by atoms with Crippen LogP contribution in [-0.4, -0.2) is 0 Å². The third-order valence-corrected chi connectivity index (χ3v) is 16.3. The van der Waals surface area contributed by atoms with Crippen LogP contribution in [0.25, 0.3) is 0 Å². The molecule has 2 heteroatoms. The van der Waals surface area contributed by atoms with E-state index >= 15 is 0 Å². The van der Waals surface area contributed by atoms with Gasteiger partial charge in [-0.25, -0.2) is 0 Å². The molecule has 5 rings (SSSR count). The molecule has 67 heavy (non-hydrogen) atoms. The number of rotatable bonds is 36. The maximum atomic E-state index is 6.22. The third kappa shape index (κ3) is 19.1. The molecule has 1 fully saturated rings. The van der Waals surface area contributed by atoms with Crippen LogP contribution in [0.5, 0.6) is 0 Å². The van der Waals surface area contributed by atoms with Crippen LogP contribution >= 0.6 is 0 Å². The zero-order valence-electron chi connectivity index (χ0n) is 43.7. The number of benzene rings is 4. The second kappa shape index (κ2) is 32.3. The van der Waals surface area contributed by atoms with Crippen LogP contribution in [0.4, 0.5) is 11.4 Å². The number of nitrogens with two attached hydrogens (primary N) is 2. The molecule has 0 amide bonds. The topological polar surface area (TPSA) is 52.0 Å².